The topological polar surface area (TPSA) is 61.9 Å². The molecular formula is C29H35N3O3. The van der Waals surface area contributed by atoms with Crippen LogP contribution in [0, 0.1) is 0 Å². The number of hydrogen-bond acceptors (Lipinski definition) is 5. The Hall–Kier alpha value is -3.64. The number of nitrogens with one attached hydrogen (secondary N) is 1. The van der Waals surface area contributed by atoms with Crippen molar-refractivity contribution >= 4 is 39.6 Å². The number of rotatable bonds is 10. The fourth-order valence-electron chi connectivity index (χ4n) is 3.89. The van der Waals surface area contributed by atoms with Crippen molar-refractivity contribution in [2.45, 2.75) is 20.3 Å². The quantitative estimate of drug-likeness (QED) is 0.314. The smallest absolute Gasteiger partial charge is 0.340 e. The maximum Gasteiger partial charge on any atom is 0.340 e. The normalized spacial score (nSPS) is 11.5. The average Bonchev–Trinajstić information content (AvgIpc) is 2.83. The third-order valence-corrected chi connectivity index (χ3v) is 5.85. The van der Waals surface area contributed by atoms with Crippen LogP contribution in [0.3, 0.4) is 0 Å². The van der Waals surface area contributed by atoms with Crippen molar-refractivity contribution in [3.05, 3.63) is 77.9 Å². The molecule has 1 amide bonds. The molecule has 0 aromatic heterocycles. The van der Waals surface area contributed by atoms with Gasteiger partial charge < -0.3 is 19.9 Å². The molecule has 184 valence electrons. The summed E-state index contributed by atoms with van der Waals surface area (Å²) in [4.78, 5) is 29.8. The second-order valence-electron chi connectivity index (χ2n) is 8.91. The second kappa shape index (κ2) is 12.2. The van der Waals surface area contributed by atoms with E-state index in [4.69, 9.17) is 4.74 Å². The number of carbonyl (C=O) groups is 2. The van der Waals surface area contributed by atoms with Crippen LogP contribution in [0.5, 0.6) is 0 Å². The van der Waals surface area contributed by atoms with E-state index in [1.165, 1.54) is 0 Å². The zero-order valence-electron chi connectivity index (χ0n) is 21.3. The first kappa shape index (κ1) is 26.0. The van der Waals surface area contributed by atoms with Crippen molar-refractivity contribution in [2.75, 3.05) is 51.1 Å². The van der Waals surface area contributed by atoms with Gasteiger partial charge in [0.2, 0.25) is 5.91 Å². The molecule has 6 nitrogen and oxygen atoms in total. The van der Waals surface area contributed by atoms with Crippen LogP contribution in [0.25, 0.3) is 16.3 Å². The maximum absolute atomic E-state index is 12.9. The van der Waals surface area contributed by atoms with E-state index in [1.54, 1.807) is 25.1 Å². The molecule has 0 saturated carbocycles. The molecule has 0 aliphatic carbocycles. The molecule has 3 aromatic carbocycles. The molecule has 0 saturated heterocycles. The minimum atomic E-state index is -0.457. The lowest BCUT2D eigenvalue weighted by Crippen LogP contribution is -2.24. The summed E-state index contributed by atoms with van der Waals surface area (Å²) in [6, 6.07) is 19.7. The Morgan fingerprint density at radius 1 is 0.943 bits per heavy atom. The van der Waals surface area contributed by atoms with Gasteiger partial charge in [0.1, 0.15) is 0 Å². The number of amides is 1. The molecule has 6 heteroatoms. The number of fused-ring (bicyclic) bond motifs is 1. The van der Waals surface area contributed by atoms with Gasteiger partial charge >= 0.3 is 5.97 Å². The molecule has 0 aliphatic heterocycles. The first-order valence-corrected chi connectivity index (χ1v) is 11.9. The summed E-state index contributed by atoms with van der Waals surface area (Å²) in [6.45, 7) is 5.76. The molecule has 35 heavy (non-hydrogen) atoms. The number of hydrogen-bond donors (Lipinski definition) is 1. The monoisotopic (exact) mass is 473 g/mol. The van der Waals surface area contributed by atoms with Gasteiger partial charge in [0.25, 0.3) is 0 Å². The number of allylic oxidation sites excluding steroid dienone is 1. The Balaban J connectivity index is 1.80. The third kappa shape index (κ3) is 7.17. The third-order valence-electron chi connectivity index (χ3n) is 5.85. The summed E-state index contributed by atoms with van der Waals surface area (Å²) in [6.07, 6.45) is 2.55. The van der Waals surface area contributed by atoms with Gasteiger partial charge in [0.05, 0.1) is 17.9 Å². The van der Waals surface area contributed by atoms with Crippen molar-refractivity contribution < 1.29 is 14.3 Å². The Morgan fingerprint density at radius 3 is 2.40 bits per heavy atom. The van der Waals surface area contributed by atoms with E-state index in [9.17, 15) is 9.59 Å². The lowest BCUT2D eigenvalue weighted by Gasteiger charge is -2.22. The van der Waals surface area contributed by atoms with Crippen molar-refractivity contribution in [3.63, 3.8) is 0 Å². The Morgan fingerprint density at radius 2 is 1.69 bits per heavy atom. The Bertz CT molecular complexity index is 1220. The lowest BCUT2D eigenvalue weighted by molar-refractivity contribution is -0.111. The summed E-state index contributed by atoms with van der Waals surface area (Å²) in [7, 11) is 6.09. The largest absolute Gasteiger partial charge is 0.462 e. The standard InChI is InChI=1S/C29H35N3O3/c1-6-35-29(34)26-20-25(32(5)17-9-16-31(3)4)14-15-27(26)30-28(33)18-21(2)23-13-12-22-10-7-8-11-24(22)19-23/h7-8,10-15,18-20H,6,9,16-17H2,1-5H3,(H,30,33). The fraction of sp³-hybridized carbons (Fsp3) is 0.310. The number of carbonyl (C=O) groups excluding carboxylic acids is 2. The van der Waals surface area contributed by atoms with Crippen LogP contribution in [-0.2, 0) is 9.53 Å². The van der Waals surface area contributed by atoms with Gasteiger partial charge in [-0.05, 0) is 87.1 Å². The van der Waals surface area contributed by atoms with Crippen LogP contribution in [0.1, 0.15) is 36.2 Å². The summed E-state index contributed by atoms with van der Waals surface area (Å²) in [5, 5.41) is 5.14. The molecular weight excluding hydrogens is 438 g/mol. The van der Waals surface area contributed by atoms with E-state index < -0.39 is 5.97 Å². The van der Waals surface area contributed by atoms with Gasteiger partial charge in [0.15, 0.2) is 0 Å². The van der Waals surface area contributed by atoms with Crippen LogP contribution in [0.2, 0.25) is 0 Å². The van der Waals surface area contributed by atoms with E-state index in [2.05, 4.69) is 33.3 Å². The SMILES string of the molecule is CCOC(=O)c1cc(N(C)CCCN(C)C)ccc1NC(=O)C=C(C)c1ccc2ccccc2c1. The number of nitrogens with zero attached hydrogens (tertiary/aromatic N) is 2. The van der Waals surface area contributed by atoms with Gasteiger partial charge in [-0.25, -0.2) is 4.79 Å². The fourth-order valence-corrected chi connectivity index (χ4v) is 3.89. The molecule has 3 aromatic rings. The van der Waals surface area contributed by atoms with Gasteiger partial charge in [-0.2, -0.15) is 0 Å². The maximum atomic E-state index is 12.9. The minimum absolute atomic E-state index is 0.260. The van der Waals surface area contributed by atoms with Crippen LogP contribution in [0.15, 0.2) is 66.7 Å². The highest BCUT2D eigenvalue weighted by atomic mass is 16.5. The molecule has 0 unspecified atom stereocenters. The number of ether oxygens (including phenoxy) is 1. The number of esters is 1. The molecule has 0 atom stereocenters. The molecule has 0 radical (unpaired) electrons. The van der Waals surface area contributed by atoms with E-state index in [0.717, 1.165) is 47.1 Å². The predicted octanol–water partition coefficient (Wildman–Crippen LogP) is 5.45. The van der Waals surface area contributed by atoms with Gasteiger partial charge in [-0.15, -0.1) is 0 Å². The molecule has 0 aliphatic rings. The summed E-state index contributed by atoms with van der Waals surface area (Å²) < 4.78 is 5.26. The highest BCUT2D eigenvalue weighted by Crippen LogP contribution is 2.25. The van der Waals surface area contributed by atoms with E-state index in [-0.39, 0.29) is 12.5 Å². The van der Waals surface area contributed by atoms with Crippen LogP contribution in [-0.4, -0.2) is 57.6 Å². The molecule has 0 fully saturated rings. The van der Waals surface area contributed by atoms with Crippen LogP contribution in [0.4, 0.5) is 11.4 Å². The number of anilines is 2. The highest BCUT2D eigenvalue weighted by Gasteiger charge is 2.16. The van der Waals surface area contributed by atoms with E-state index in [0.29, 0.717) is 11.3 Å². The van der Waals surface area contributed by atoms with Gasteiger partial charge in [-0.3, -0.25) is 4.79 Å². The average molecular weight is 474 g/mol. The Labute approximate surface area is 208 Å². The van der Waals surface area contributed by atoms with Crippen molar-refractivity contribution in [3.8, 4) is 0 Å². The number of benzene rings is 3. The lowest BCUT2D eigenvalue weighted by atomic mass is 10.0. The molecule has 1 N–H and O–H groups in total. The zero-order valence-corrected chi connectivity index (χ0v) is 21.3. The first-order chi connectivity index (χ1) is 16.8. The molecule has 0 heterocycles. The Kier molecular flexibility index (Phi) is 9.04. The minimum Gasteiger partial charge on any atom is -0.462 e. The molecule has 0 bridgehead atoms. The van der Waals surface area contributed by atoms with Crippen molar-refractivity contribution in [1.29, 1.82) is 0 Å². The summed E-state index contributed by atoms with van der Waals surface area (Å²) >= 11 is 0. The first-order valence-electron chi connectivity index (χ1n) is 11.9. The highest BCUT2D eigenvalue weighted by molar-refractivity contribution is 6.08. The van der Waals surface area contributed by atoms with Crippen LogP contribution >= 0.6 is 0 Å². The summed E-state index contributed by atoms with van der Waals surface area (Å²) in [5.41, 5.74) is 3.48. The van der Waals surface area contributed by atoms with Crippen molar-refractivity contribution in [1.82, 2.24) is 4.90 Å². The molecule has 0 spiro atoms. The zero-order chi connectivity index (χ0) is 25.4. The molecule has 3 rings (SSSR count). The van der Waals surface area contributed by atoms with Crippen LogP contribution < -0.4 is 10.2 Å². The van der Waals surface area contributed by atoms with E-state index in [1.807, 2.05) is 58.4 Å². The summed E-state index contributed by atoms with van der Waals surface area (Å²) in [5.74, 6) is -0.755. The van der Waals surface area contributed by atoms with E-state index >= 15 is 0 Å². The van der Waals surface area contributed by atoms with Gasteiger partial charge in [-0.1, -0.05) is 36.4 Å². The van der Waals surface area contributed by atoms with Gasteiger partial charge in [0, 0.05) is 25.4 Å². The predicted molar refractivity (Wildman–Crippen MR) is 145 cm³/mol. The second-order valence-corrected chi connectivity index (χ2v) is 8.91. The van der Waals surface area contributed by atoms with Crippen molar-refractivity contribution in [2.24, 2.45) is 0 Å².